The number of phenolic OH excluding ortho intramolecular Hbond substituents is 1. The summed E-state index contributed by atoms with van der Waals surface area (Å²) < 4.78 is 13.3. The fourth-order valence-corrected chi connectivity index (χ4v) is 2.11. The van der Waals surface area contributed by atoms with E-state index >= 15 is 0 Å². The van der Waals surface area contributed by atoms with Crippen molar-refractivity contribution in [3.05, 3.63) is 57.3 Å². The summed E-state index contributed by atoms with van der Waals surface area (Å²) in [7, 11) is 0. The van der Waals surface area contributed by atoms with Crippen LogP contribution in [-0.4, -0.2) is 11.0 Å². The predicted octanol–water partition coefficient (Wildman–Crippen LogP) is 4.40. The van der Waals surface area contributed by atoms with E-state index in [0.29, 0.717) is 11.1 Å². The third-order valence-electron chi connectivity index (χ3n) is 2.70. The van der Waals surface area contributed by atoms with E-state index in [1.165, 1.54) is 30.3 Å². The molecule has 0 aliphatic rings. The second-order valence-corrected chi connectivity index (χ2v) is 5.02. The van der Waals surface area contributed by atoms with E-state index in [0.717, 1.165) is 0 Å². The van der Waals surface area contributed by atoms with Crippen LogP contribution in [-0.2, 0) is 0 Å². The lowest BCUT2D eigenvalue weighted by molar-refractivity contribution is 0.102. The van der Waals surface area contributed by atoms with E-state index < -0.39 is 11.7 Å². The zero-order valence-corrected chi connectivity index (χ0v) is 11.9. The number of carbonyl (C=O) groups is 1. The molecule has 1 amide bonds. The van der Waals surface area contributed by atoms with Crippen LogP contribution in [0.25, 0.3) is 0 Å². The van der Waals surface area contributed by atoms with E-state index in [4.69, 9.17) is 23.2 Å². The summed E-state index contributed by atoms with van der Waals surface area (Å²) in [6, 6.07) is 6.98. The van der Waals surface area contributed by atoms with Gasteiger partial charge in [-0.3, -0.25) is 4.79 Å². The molecule has 0 fully saturated rings. The van der Waals surface area contributed by atoms with E-state index in [9.17, 15) is 14.3 Å². The zero-order valence-electron chi connectivity index (χ0n) is 10.4. The van der Waals surface area contributed by atoms with Crippen LogP contribution in [0.1, 0.15) is 15.9 Å². The van der Waals surface area contributed by atoms with Crippen molar-refractivity contribution in [2.45, 2.75) is 6.92 Å². The third kappa shape index (κ3) is 3.03. The molecule has 2 rings (SSSR count). The van der Waals surface area contributed by atoms with Crippen LogP contribution in [0.2, 0.25) is 10.0 Å². The Bertz CT molecular complexity index is 666. The minimum absolute atomic E-state index is 0.106. The van der Waals surface area contributed by atoms with E-state index in [1.807, 2.05) is 0 Å². The number of aromatic hydroxyl groups is 1. The molecule has 20 heavy (non-hydrogen) atoms. The predicted molar refractivity (Wildman–Crippen MR) is 77.2 cm³/mol. The summed E-state index contributed by atoms with van der Waals surface area (Å²) in [4.78, 5) is 12.0. The highest BCUT2D eigenvalue weighted by molar-refractivity contribution is 6.35. The summed E-state index contributed by atoms with van der Waals surface area (Å²) >= 11 is 11.3. The first-order valence-corrected chi connectivity index (χ1v) is 6.39. The van der Waals surface area contributed by atoms with Crippen molar-refractivity contribution >= 4 is 34.8 Å². The van der Waals surface area contributed by atoms with E-state index in [-0.39, 0.29) is 21.5 Å². The topological polar surface area (TPSA) is 49.3 Å². The fraction of sp³-hybridized carbons (Fsp3) is 0.0714. The Morgan fingerprint density at radius 3 is 2.35 bits per heavy atom. The lowest BCUT2D eigenvalue weighted by Gasteiger charge is -2.08. The molecular formula is C14H10Cl2FNO2. The van der Waals surface area contributed by atoms with Gasteiger partial charge in [-0.05, 0) is 42.8 Å². The molecular weight excluding hydrogens is 304 g/mol. The molecule has 0 bridgehead atoms. The van der Waals surface area contributed by atoms with Crippen LogP contribution in [0.3, 0.4) is 0 Å². The first kappa shape index (κ1) is 14.6. The normalized spacial score (nSPS) is 10.4. The molecule has 0 spiro atoms. The first-order valence-electron chi connectivity index (χ1n) is 5.64. The largest absolute Gasteiger partial charge is 0.508 e. The Kier molecular flexibility index (Phi) is 4.16. The molecule has 6 heteroatoms. The van der Waals surface area contributed by atoms with E-state index in [2.05, 4.69) is 5.32 Å². The number of nitrogens with one attached hydrogen (secondary N) is 1. The number of phenols is 1. The molecule has 104 valence electrons. The average Bonchev–Trinajstić information content (AvgIpc) is 2.39. The van der Waals surface area contributed by atoms with Crippen molar-refractivity contribution in [1.29, 1.82) is 0 Å². The Morgan fingerprint density at radius 1 is 1.20 bits per heavy atom. The van der Waals surface area contributed by atoms with E-state index in [1.54, 1.807) is 6.92 Å². The van der Waals surface area contributed by atoms with Gasteiger partial charge in [-0.25, -0.2) is 4.39 Å². The second-order valence-electron chi connectivity index (χ2n) is 4.21. The fourth-order valence-electron chi connectivity index (χ4n) is 1.63. The Morgan fingerprint density at radius 2 is 1.80 bits per heavy atom. The Labute approximate surface area is 124 Å². The molecule has 0 radical (unpaired) electrons. The summed E-state index contributed by atoms with van der Waals surface area (Å²) in [5.74, 6) is -1.03. The number of aryl methyl sites for hydroxylation is 1. The number of anilines is 1. The van der Waals surface area contributed by atoms with Crippen molar-refractivity contribution in [3.63, 3.8) is 0 Å². The van der Waals surface area contributed by atoms with Gasteiger partial charge in [-0.2, -0.15) is 0 Å². The van der Waals surface area contributed by atoms with Gasteiger partial charge in [0.1, 0.15) is 5.75 Å². The van der Waals surface area contributed by atoms with Crippen LogP contribution < -0.4 is 5.32 Å². The van der Waals surface area contributed by atoms with Gasteiger partial charge in [0.15, 0.2) is 5.82 Å². The molecule has 0 aliphatic carbocycles. The van der Waals surface area contributed by atoms with Crippen LogP contribution in [0.4, 0.5) is 10.1 Å². The maximum Gasteiger partial charge on any atom is 0.255 e. The summed E-state index contributed by atoms with van der Waals surface area (Å²) in [6.45, 7) is 1.68. The van der Waals surface area contributed by atoms with Crippen molar-refractivity contribution < 1.29 is 14.3 Å². The minimum atomic E-state index is -0.730. The number of hydrogen-bond donors (Lipinski definition) is 2. The van der Waals surface area contributed by atoms with Gasteiger partial charge in [0, 0.05) is 11.3 Å². The molecule has 0 aliphatic heterocycles. The average molecular weight is 314 g/mol. The molecule has 0 aromatic heterocycles. The van der Waals surface area contributed by atoms with Gasteiger partial charge < -0.3 is 10.4 Å². The maximum atomic E-state index is 13.3. The Hall–Kier alpha value is -1.78. The Balaban J connectivity index is 2.25. The summed E-state index contributed by atoms with van der Waals surface area (Å²) in [5.41, 5.74) is 1.22. The number of carbonyl (C=O) groups excluding carboxylic acids is 1. The molecule has 2 aromatic carbocycles. The lowest BCUT2D eigenvalue weighted by atomic mass is 10.1. The molecule has 2 N–H and O–H groups in total. The molecule has 0 saturated heterocycles. The highest BCUT2D eigenvalue weighted by Gasteiger charge is 2.11. The number of rotatable bonds is 2. The van der Waals surface area contributed by atoms with Crippen LogP contribution in [0.15, 0.2) is 30.3 Å². The molecule has 3 nitrogen and oxygen atoms in total. The van der Waals surface area contributed by atoms with Crippen molar-refractivity contribution in [3.8, 4) is 5.75 Å². The highest BCUT2D eigenvalue weighted by atomic mass is 35.5. The third-order valence-corrected chi connectivity index (χ3v) is 3.25. The van der Waals surface area contributed by atoms with Gasteiger partial charge in [-0.1, -0.05) is 23.2 Å². The van der Waals surface area contributed by atoms with Gasteiger partial charge in [-0.15, -0.1) is 0 Å². The van der Waals surface area contributed by atoms with Gasteiger partial charge in [0.05, 0.1) is 10.0 Å². The smallest absolute Gasteiger partial charge is 0.255 e. The van der Waals surface area contributed by atoms with Gasteiger partial charge in [0.25, 0.3) is 5.91 Å². The standard InChI is InChI=1S/C14H10Cl2FNO2/c1-7-4-8(2-3-12(7)19)14(20)18-9-5-10(15)13(17)11(16)6-9/h2-6,19H,1H3,(H,18,20). The number of amides is 1. The zero-order chi connectivity index (χ0) is 14.9. The number of halogens is 3. The number of benzene rings is 2. The van der Waals surface area contributed by atoms with Gasteiger partial charge >= 0.3 is 0 Å². The first-order chi connectivity index (χ1) is 9.38. The molecule has 0 unspecified atom stereocenters. The summed E-state index contributed by atoms with van der Waals surface area (Å²) in [5, 5.41) is 11.6. The van der Waals surface area contributed by atoms with Gasteiger partial charge in [0.2, 0.25) is 0 Å². The monoisotopic (exact) mass is 313 g/mol. The van der Waals surface area contributed by atoms with Crippen LogP contribution >= 0.6 is 23.2 Å². The van der Waals surface area contributed by atoms with Crippen LogP contribution in [0.5, 0.6) is 5.75 Å². The second kappa shape index (κ2) is 5.69. The summed E-state index contributed by atoms with van der Waals surface area (Å²) in [6.07, 6.45) is 0. The molecule has 0 saturated carbocycles. The SMILES string of the molecule is Cc1cc(C(=O)Nc2cc(Cl)c(F)c(Cl)c2)ccc1O. The van der Waals surface area contributed by atoms with Crippen molar-refractivity contribution in [1.82, 2.24) is 0 Å². The molecule has 0 atom stereocenters. The highest BCUT2D eigenvalue weighted by Crippen LogP contribution is 2.27. The van der Waals surface area contributed by atoms with Crippen molar-refractivity contribution in [2.24, 2.45) is 0 Å². The minimum Gasteiger partial charge on any atom is -0.508 e. The molecule has 0 heterocycles. The quantitative estimate of drug-likeness (QED) is 0.807. The molecule has 2 aromatic rings. The maximum absolute atomic E-state index is 13.3. The van der Waals surface area contributed by atoms with Crippen molar-refractivity contribution in [2.75, 3.05) is 5.32 Å². The van der Waals surface area contributed by atoms with Crippen LogP contribution in [0, 0.1) is 12.7 Å². The number of hydrogen-bond acceptors (Lipinski definition) is 2. The lowest BCUT2D eigenvalue weighted by Crippen LogP contribution is -2.12.